The highest BCUT2D eigenvalue weighted by atomic mass is 32.1. The van der Waals surface area contributed by atoms with Gasteiger partial charge in [0.15, 0.2) is 0 Å². The minimum atomic E-state index is 0.881. The molecule has 2 heterocycles. The fraction of sp³-hybridized carbons (Fsp3) is 0.111. The maximum atomic E-state index is 5.01. The molecule has 0 saturated carbocycles. The first-order chi connectivity index (χ1) is 15.1. The Bertz CT molecular complexity index is 1360. The Kier molecular flexibility index (Phi) is 5.00. The van der Waals surface area contributed by atoms with Crippen LogP contribution in [0.1, 0.15) is 16.0 Å². The van der Waals surface area contributed by atoms with Gasteiger partial charge in [-0.3, -0.25) is 0 Å². The molecule has 0 aliphatic rings. The molecule has 0 atom stereocenters. The zero-order valence-corrected chi connectivity index (χ0v) is 18.6. The topological polar surface area (TPSA) is 30.7 Å². The van der Waals surface area contributed by atoms with E-state index in [-0.39, 0.29) is 0 Å². The Morgan fingerprint density at radius 2 is 1.32 bits per heavy atom. The number of nitrogens with zero attached hydrogens (tertiary/aromatic N) is 3. The van der Waals surface area contributed by atoms with E-state index < -0.39 is 0 Å². The molecule has 3 nitrogen and oxygen atoms in total. The van der Waals surface area contributed by atoms with Crippen LogP contribution >= 0.6 is 11.3 Å². The Morgan fingerprint density at radius 3 is 2.03 bits per heavy atom. The van der Waals surface area contributed by atoms with Crippen molar-refractivity contribution in [1.29, 1.82) is 0 Å². The van der Waals surface area contributed by atoms with Crippen molar-refractivity contribution in [3.05, 3.63) is 101 Å². The summed E-state index contributed by atoms with van der Waals surface area (Å²) in [6.07, 6.45) is 0. The Labute approximate surface area is 186 Å². The van der Waals surface area contributed by atoms with Gasteiger partial charge in [-0.2, -0.15) is 5.10 Å². The number of rotatable bonds is 4. The molecule has 31 heavy (non-hydrogen) atoms. The molecule has 0 N–H and O–H groups in total. The van der Waals surface area contributed by atoms with E-state index in [0.717, 1.165) is 38.9 Å². The monoisotopic (exact) mass is 421 g/mol. The molecule has 0 amide bonds. The SMILES string of the molecule is Cc1cccc(-c2cc(-c3cccc(C)c3)n(-c3nc(-c4ccccc4)c(C)s3)n2)c1. The largest absolute Gasteiger partial charge is 0.218 e. The molecule has 0 bridgehead atoms. The zero-order valence-electron chi connectivity index (χ0n) is 17.8. The van der Waals surface area contributed by atoms with Crippen molar-refractivity contribution in [3.8, 4) is 38.9 Å². The van der Waals surface area contributed by atoms with Gasteiger partial charge >= 0.3 is 0 Å². The third kappa shape index (κ3) is 3.82. The third-order valence-corrected chi connectivity index (χ3v) is 6.30. The fourth-order valence-corrected chi connectivity index (χ4v) is 4.72. The van der Waals surface area contributed by atoms with Crippen molar-refractivity contribution in [2.24, 2.45) is 0 Å². The maximum Gasteiger partial charge on any atom is 0.211 e. The van der Waals surface area contributed by atoms with E-state index in [1.165, 1.54) is 16.0 Å². The molecule has 5 aromatic rings. The van der Waals surface area contributed by atoms with Crippen molar-refractivity contribution >= 4 is 11.3 Å². The highest BCUT2D eigenvalue weighted by Crippen LogP contribution is 2.34. The second-order valence-electron chi connectivity index (χ2n) is 7.83. The molecule has 0 fully saturated rings. The molecule has 0 saturated heterocycles. The molecule has 0 aliphatic heterocycles. The van der Waals surface area contributed by atoms with Gasteiger partial charge in [0.2, 0.25) is 5.13 Å². The lowest BCUT2D eigenvalue weighted by atomic mass is 10.1. The lowest BCUT2D eigenvalue weighted by Crippen LogP contribution is -1.99. The maximum absolute atomic E-state index is 5.01. The summed E-state index contributed by atoms with van der Waals surface area (Å²) in [5.41, 5.74) is 8.85. The second kappa shape index (κ2) is 7.97. The average molecular weight is 422 g/mol. The summed E-state index contributed by atoms with van der Waals surface area (Å²) >= 11 is 1.68. The predicted molar refractivity (Wildman–Crippen MR) is 130 cm³/mol. The van der Waals surface area contributed by atoms with Gasteiger partial charge in [-0.15, -0.1) is 0 Å². The van der Waals surface area contributed by atoms with Crippen LogP contribution in [0.5, 0.6) is 0 Å². The first-order valence-corrected chi connectivity index (χ1v) is 11.2. The molecule has 3 aromatic carbocycles. The average Bonchev–Trinajstić information content (AvgIpc) is 3.38. The fourth-order valence-electron chi connectivity index (χ4n) is 3.82. The van der Waals surface area contributed by atoms with Gasteiger partial charge in [0.05, 0.1) is 17.1 Å². The molecular formula is C27H23N3S. The van der Waals surface area contributed by atoms with Crippen LogP contribution in [0.2, 0.25) is 0 Å². The van der Waals surface area contributed by atoms with Gasteiger partial charge in [0, 0.05) is 21.6 Å². The van der Waals surface area contributed by atoms with Crippen LogP contribution in [0.25, 0.3) is 38.9 Å². The molecule has 5 rings (SSSR count). The minimum absolute atomic E-state index is 0.881. The van der Waals surface area contributed by atoms with Gasteiger partial charge < -0.3 is 0 Å². The number of thiazole rings is 1. The van der Waals surface area contributed by atoms with Crippen molar-refractivity contribution < 1.29 is 0 Å². The van der Waals surface area contributed by atoms with Crippen LogP contribution in [0.15, 0.2) is 84.9 Å². The van der Waals surface area contributed by atoms with Crippen LogP contribution in [0.4, 0.5) is 0 Å². The van der Waals surface area contributed by atoms with E-state index in [4.69, 9.17) is 10.1 Å². The van der Waals surface area contributed by atoms with Crippen molar-refractivity contribution in [2.45, 2.75) is 20.8 Å². The Hall–Kier alpha value is -3.50. The zero-order chi connectivity index (χ0) is 21.4. The summed E-state index contributed by atoms with van der Waals surface area (Å²) < 4.78 is 2.00. The van der Waals surface area contributed by atoms with Crippen LogP contribution < -0.4 is 0 Å². The number of aromatic nitrogens is 3. The van der Waals surface area contributed by atoms with Crippen LogP contribution in [-0.4, -0.2) is 14.8 Å². The lowest BCUT2D eigenvalue weighted by Gasteiger charge is -2.05. The van der Waals surface area contributed by atoms with Crippen molar-refractivity contribution in [1.82, 2.24) is 14.8 Å². The summed E-state index contributed by atoms with van der Waals surface area (Å²) in [7, 11) is 0. The third-order valence-electron chi connectivity index (χ3n) is 5.35. The summed E-state index contributed by atoms with van der Waals surface area (Å²) in [6.45, 7) is 6.35. The summed E-state index contributed by atoms with van der Waals surface area (Å²) in [5.74, 6) is 0. The minimum Gasteiger partial charge on any atom is -0.218 e. The van der Waals surface area contributed by atoms with Crippen LogP contribution in [0.3, 0.4) is 0 Å². The first kappa shape index (κ1) is 19.5. The second-order valence-corrected chi connectivity index (χ2v) is 9.01. The summed E-state index contributed by atoms with van der Waals surface area (Å²) in [4.78, 5) is 6.19. The number of aryl methyl sites for hydroxylation is 3. The molecule has 0 unspecified atom stereocenters. The van der Waals surface area contributed by atoms with E-state index in [2.05, 4.69) is 99.6 Å². The molecular weight excluding hydrogens is 398 g/mol. The van der Waals surface area contributed by atoms with Crippen LogP contribution in [-0.2, 0) is 0 Å². The van der Waals surface area contributed by atoms with Gasteiger partial charge in [-0.25, -0.2) is 9.67 Å². The molecule has 152 valence electrons. The summed E-state index contributed by atoms with van der Waals surface area (Å²) in [5, 5.41) is 5.89. The van der Waals surface area contributed by atoms with E-state index >= 15 is 0 Å². The molecule has 0 radical (unpaired) electrons. The van der Waals surface area contributed by atoms with Gasteiger partial charge in [-0.05, 0) is 39.0 Å². The summed E-state index contributed by atoms with van der Waals surface area (Å²) in [6, 6.07) is 29.5. The lowest BCUT2D eigenvalue weighted by molar-refractivity contribution is 0.881. The smallest absolute Gasteiger partial charge is 0.211 e. The van der Waals surface area contributed by atoms with Gasteiger partial charge in [0.1, 0.15) is 0 Å². The van der Waals surface area contributed by atoms with Gasteiger partial charge in [0.25, 0.3) is 0 Å². The van der Waals surface area contributed by atoms with Gasteiger partial charge in [-0.1, -0.05) is 89.2 Å². The number of hydrogen-bond donors (Lipinski definition) is 0. The highest BCUT2D eigenvalue weighted by Gasteiger charge is 2.18. The molecule has 4 heteroatoms. The standard InChI is InChI=1S/C27H23N3S/c1-18-9-7-13-22(15-18)24-17-25(23-14-8-10-19(2)16-23)30(29-24)27-28-26(20(3)31-27)21-11-5-4-6-12-21/h4-17H,1-3H3. The quantitative estimate of drug-likeness (QED) is 0.306. The van der Waals surface area contributed by atoms with Crippen molar-refractivity contribution in [3.63, 3.8) is 0 Å². The molecule has 0 spiro atoms. The molecule has 0 aliphatic carbocycles. The molecule has 2 aromatic heterocycles. The first-order valence-electron chi connectivity index (χ1n) is 10.4. The van der Waals surface area contributed by atoms with Crippen molar-refractivity contribution in [2.75, 3.05) is 0 Å². The number of benzene rings is 3. The Morgan fingerprint density at radius 1 is 0.677 bits per heavy atom. The van der Waals surface area contributed by atoms with E-state index in [0.29, 0.717) is 0 Å². The predicted octanol–water partition coefficient (Wildman–Crippen LogP) is 7.26. The number of hydrogen-bond acceptors (Lipinski definition) is 3. The normalized spacial score (nSPS) is 11.1. The van der Waals surface area contributed by atoms with E-state index in [9.17, 15) is 0 Å². The van der Waals surface area contributed by atoms with E-state index in [1.807, 2.05) is 10.7 Å². The highest BCUT2D eigenvalue weighted by molar-refractivity contribution is 7.14. The van der Waals surface area contributed by atoms with E-state index in [1.54, 1.807) is 11.3 Å². The Balaban J connectivity index is 1.69. The van der Waals surface area contributed by atoms with Crippen LogP contribution in [0, 0.1) is 20.8 Å².